The van der Waals surface area contributed by atoms with Gasteiger partial charge >= 0.3 is 15.1 Å². The fourth-order valence-corrected chi connectivity index (χ4v) is 2.59. The highest BCUT2D eigenvalue weighted by Gasteiger charge is 2.33. The zero-order chi connectivity index (χ0) is 20.4. The van der Waals surface area contributed by atoms with Crippen LogP contribution in [0.25, 0.3) is 0 Å². The molecule has 3 atom stereocenters. The lowest BCUT2D eigenvalue weighted by molar-refractivity contribution is -0.342. The Labute approximate surface area is 161 Å². The van der Waals surface area contributed by atoms with Crippen molar-refractivity contribution in [2.45, 2.75) is 33.0 Å². The number of carbonyl (C=O) groups is 2. The molecule has 0 amide bonds. The standard InChI is InChI=1S/C20H22O5.H2OP/c1-13-9-8-10-14(2)17(13)19(21)18(16-11-6-5-7-12-16)20(22)25-24-15(3)23-4;1-2/h5-12,15,18H,1-4H3;2H2/q;+1. The van der Waals surface area contributed by atoms with Crippen LogP contribution in [0.2, 0.25) is 0 Å². The first-order chi connectivity index (χ1) is 13.0. The van der Waals surface area contributed by atoms with Crippen LogP contribution in [0.4, 0.5) is 0 Å². The molecular formula is C20H24O6P+. The number of hydrogen-bond acceptors (Lipinski definition) is 6. The van der Waals surface area contributed by atoms with E-state index in [0.29, 0.717) is 11.1 Å². The largest absolute Gasteiger partial charge is 0.357 e. The van der Waals surface area contributed by atoms with Crippen LogP contribution in [0.3, 0.4) is 0 Å². The van der Waals surface area contributed by atoms with Crippen LogP contribution in [0.5, 0.6) is 0 Å². The number of ether oxygens (including phenoxy) is 1. The van der Waals surface area contributed by atoms with Crippen molar-refractivity contribution in [1.82, 2.24) is 0 Å². The van der Waals surface area contributed by atoms with Gasteiger partial charge in [-0.05, 0) is 37.5 Å². The van der Waals surface area contributed by atoms with Gasteiger partial charge < -0.3 is 4.74 Å². The second-order valence-electron chi connectivity index (χ2n) is 5.78. The molecule has 2 aromatic carbocycles. The number of ketones is 1. The van der Waals surface area contributed by atoms with Crippen LogP contribution >= 0.6 is 9.12 Å². The average molecular weight is 391 g/mol. The molecule has 0 bridgehead atoms. The Morgan fingerprint density at radius 3 is 2.00 bits per heavy atom. The number of hydrogen-bond donors (Lipinski definition) is 0. The number of benzene rings is 2. The van der Waals surface area contributed by atoms with Gasteiger partial charge in [0, 0.05) is 12.7 Å². The predicted molar refractivity (Wildman–Crippen MR) is 103 cm³/mol. The zero-order valence-electron chi connectivity index (χ0n) is 15.8. The molecule has 0 spiro atoms. The lowest BCUT2D eigenvalue weighted by Gasteiger charge is -2.18. The van der Waals surface area contributed by atoms with Crippen LogP contribution in [-0.2, 0) is 23.9 Å². The third-order valence-electron chi connectivity index (χ3n) is 3.96. The summed E-state index contributed by atoms with van der Waals surface area (Å²) in [6.45, 7) is 5.27. The molecule has 0 heterocycles. The first-order valence-corrected chi connectivity index (χ1v) is 8.71. The van der Waals surface area contributed by atoms with E-state index in [-0.39, 0.29) is 5.78 Å². The summed E-state index contributed by atoms with van der Waals surface area (Å²) in [5.41, 5.74) is 2.69. The Hall–Kier alpha value is -2.40. The topological polar surface area (TPSA) is 78.9 Å². The van der Waals surface area contributed by atoms with Gasteiger partial charge in [-0.2, -0.15) is 4.89 Å². The van der Waals surface area contributed by atoms with Crippen LogP contribution in [0.15, 0.2) is 48.5 Å². The predicted octanol–water partition coefficient (Wildman–Crippen LogP) is 3.94. The van der Waals surface area contributed by atoms with Gasteiger partial charge in [0.1, 0.15) is 5.92 Å². The van der Waals surface area contributed by atoms with E-state index in [2.05, 4.69) is 0 Å². The van der Waals surface area contributed by atoms with Crippen molar-refractivity contribution >= 4 is 20.9 Å². The Morgan fingerprint density at radius 2 is 1.48 bits per heavy atom. The monoisotopic (exact) mass is 391 g/mol. The van der Waals surface area contributed by atoms with Crippen molar-refractivity contribution in [3.05, 3.63) is 70.8 Å². The molecule has 0 aliphatic carbocycles. The van der Waals surface area contributed by atoms with E-state index in [0.717, 1.165) is 11.1 Å². The number of rotatable bonds is 7. The molecule has 0 aliphatic rings. The Bertz CT molecular complexity index is 742. The number of carbonyl (C=O) groups excluding carboxylic acids is 2. The molecule has 0 aromatic heterocycles. The highest BCUT2D eigenvalue weighted by atomic mass is 31.0. The summed E-state index contributed by atoms with van der Waals surface area (Å²) < 4.78 is 13.1. The molecule has 0 radical (unpaired) electrons. The van der Waals surface area contributed by atoms with Crippen molar-refractivity contribution in [2.75, 3.05) is 7.11 Å². The fourth-order valence-electron chi connectivity index (χ4n) is 2.59. The molecule has 7 heteroatoms. The second kappa shape index (κ2) is 11.3. The highest BCUT2D eigenvalue weighted by molar-refractivity contribution is 7.00. The van der Waals surface area contributed by atoms with E-state index in [1.165, 1.54) is 16.2 Å². The summed E-state index contributed by atoms with van der Waals surface area (Å²) in [4.78, 5) is 35.5. The summed E-state index contributed by atoms with van der Waals surface area (Å²) in [6.07, 6.45) is -0.726. The van der Waals surface area contributed by atoms with Crippen molar-refractivity contribution in [3.63, 3.8) is 0 Å². The molecule has 0 aliphatic heterocycles. The number of aryl methyl sites for hydroxylation is 2. The summed E-state index contributed by atoms with van der Waals surface area (Å²) in [6, 6.07) is 14.4. The highest BCUT2D eigenvalue weighted by Crippen LogP contribution is 2.26. The van der Waals surface area contributed by atoms with Gasteiger partial charge in [-0.3, -0.25) is 9.68 Å². The number of Topliss-reactive ketones (excluding diaryl/α,β-unsaturated/α-hetero) is 1. The van der Waals surface area contributed by atoms with Gasteiger partial charge in [0.25, 0.3) is 0 Å². The zero-order valence-corrected chi connectivity index (χ0v) is 17.0. The maximum Gasteiger partial charge on any atom is 0.357 e. The summed E-state index contributed by atoms with van der Waals surface area (Å²) in [7, 11) is 2.59. The Kier molecular flexibility index (Phi) is 9.51. The summed E-state index contributed by atoms with van der Waals surface area (Å²) in [5.74, 6) is -2.20. The normalized spacial score (nSPS) is 12.3. The summed E-state index contributed by atoms with van der Waals surface area (Å²) in [5, 5.41) is 0. The molecule has 2 aromatic rings. The van der Waals surface area contributed by atoms with Gasteiger partial charge in [0.15, 0.2) is 12.1 Å². The van der Waals surface area contributed by atoms with E-state index >= 15 is 0 Å². The molecule has 27 heavy (non-hydrogen) atoms. The van der Waals surface area contributed by atoms with Gasteiger partial charge in [-0.15, -0.1) is 0 Å². The number of methoxy groups -OCH3 is 1. The maximum absolute atomic E-state index is 13.2. The fraction of sp³-hybridized carbons (Fsp3) is 0.300. The van der Waals surface area contributed by atoms with E-state index in [9.17, 15) is 9.59 Å². The first-order valence-electron chi connectivity index (χ1n) is 8.24. The molecule has 3 unspecified atom stereocenters. The second-order valence-corrected chi connectivity index (χ2v) is 5.78. The van der Waals surface area contributed by atoms with Crippen LogP contribution < -0.4 is 0 Å². The Balaban J connectivity index is 0.00000176. The average Bonchev–Trinajstić information content (AvgIpc) is 2.68. The van der Waals surface area contributed by atoms with E-state index in [1.807, 2.05) is 38.1 Å². The lowest BCUT2D eigenvalue weighted by atomic mass is 9.87. The molecule has 144 valence electrons. The minimum Gasteiger partial charge on any atom is -0.352 e. The molecular weight excluding hydrogens is 367 g/mol. The molecule has 0 saturated heterocycles. The minimum absolute atomic E-state index is 0.319. The molecule has 0 fully saturated rings. The maximum atomic E-state index is 13.2. The van der Waals surface area contributed by atoms with Gasteiger partial charge in [-0.1, -0.05) is 53.1 Å². The summed E-state index contributed by atoms with van der Waals surface area (Å²) >= 11 is 0. The minimum atomic E-state index is -1.11. The first kappa shape index (κ1) is 22.6. The molecule has 0 saturated carbocycles. The van der Waals surface area contributed by atoms with Gasteiger partial charge in [0.2, 0.25) is 0 Å². The lowest BCUT2D eigenvalue weighted by Crippen LogP contribution is -2.27. The quantitative estimate of drug-likeness (QED) is 0.178. The third kappa shape index (κ3) is 6.07. The molecule has 6 nitrogen and oxygen atoms in total. The van der Waals surface area contributed by atoms with Crippen LogP contribution in [-0.4, -0.2) is 25.2 Å². The molecule has 2 rings (SSSR count). The van der Waals surface area contributed by atoms with Crippen LogP contribution in [0.1, 0.15) is 39.9 Å². The van der Waals surface area contributed by atoms with Crippen molar-refractivity contribution < 1.29 is 28.7 Å². The third-order valence-corrected chi connectivity index (χ3v) is 3.96. The van der Waals surface area contributed by atoms with Gasteiger partial charge in [-0.25, -0.2) is 4.79 Å². The van der Waals surface area contributed by atoms with Crippen LogP contribution in [0, 0.1) is 13.8 Å². The van der Waals surface area contributed by atoms with Gasteiger partial charge in [0.05, 0.1) is 0 Å². The van der Waals surface area contributed by atoms with Crippen molar-refractivity contribution in [2.24, 2.45) is 0 Å². The SMILES string of the molecule is COC(C)OOC(=O)C(C(=O)c1c(C)cccc1C)c1ccccc1.O=[PH2+]. The van der Waals surface area contributed by atoms with E-state index < -0.39 is 18.2 Å². The van der Waals surface area contributed by atoms with Crippen molar-refractivity contribution in [3.8, 4) is 0 Å². The van der Waals surface area contributed by atoms with Crippen molar-refractivity contribution in [1.29, 1.82) is 0 Å². The van der Waals surface area contributed by atoms with E-state index in [4.69, 9.17) is 19.1 Å². The smallest absolute Gasteiger partial charge is 0.352 e. The molecule has 0 N–H and O–H groups in total. The Morgan fingerprint density at radius 1 is 0.926 bits per heavy atom. The van der Waals surface area contributed by atoms with E-state index in [1.54, 1.807) is 31.2 Å².